The van der Waals surface area contributed by atoms with Crippen molar-refractivity contribution in [1.82, 2.24) is 4.98 Å². The summed E-state index contributed by atoms with van der Waals surface area (Å²) in [6, 6.07) is 3.39. The van der Waals surface area contributed by atoms with Gasteiger partial charge in [0.05, 0.1) is 5.75 Å². The highest BCUT2D eigenvalue weighted by Crippen LogP contribution is 2.13. The Morgan fingerprint density at radius 3 is 1.93 bits per heavy atom. The first kappa shape index (κ1) is 25.4. The molecule has 0 unspecified atom stereocenters. The summed E-state index contributed by atoms with van der Waals surface area (Å²) in [5, 5.41) is 3.52. The first-order valence-corrected chi connectivity index (χ1v) is 12.8. The van der Waals surface area contributed by atoms with E-state index < -0.39 is 10.1 Å². The highest BCUT2D eigenvalue weighted by atomic mass is 32.2. The number of nitrogens with two attached hydrogens (primary N) is 1. The maximum absolute atomic E-state index is 11.9. The van der Waals surface area contributed by atoms with Gasteiger partial charge in [-0.2, -0.15) is 8.42 Å². The molecule has 1 aromatic heterocycles. The first-order valence-electron chi connectivity index (χ1n) is 11.2. The number of nitrogens with zero attached hydrogens (tertiary/aromatic N) is 2. The Kier molecular flexibility index (Phi) is 14.2. The van der Waals surface area contributed by atoms with Crippen molar-refractivity contribution in [2.24, 2.45) is 10.9 Å². The lowest BCUT2D eigenvalue weighted by Gasteiger charge is -2.04. The molecule has 0 bridgehead atoms. The maximum Gasteiger partial charge on any atom is 0.328 e. The zero-order valence-corrected chi connectivity index (χ0v) is 18.8. The van der Waals surface area contributed by atoms with E-state index in [0.29, 0.717) is 12.0 Å². The zero-order chi connectivity index (χ0) is 21.2. The number of pyridine rings is 1. The number of rotatable bonds is 18. The second kappa shape index (κ2) is 16.2. The van der Waals surface area contributed by atoms with Crippen LogP contribution >= 0.6 is 0 Å². The third kappa shape index (κ3) is 14.1. The molecule has 0 aromatic carbocycles. The van der Waals surface area contributed by atoms with Crippen LogP contribution < -0.4 is 5.73 Å². The minimum absolute atomic E-state index is 0.00244. The minimum atomic E-state index is -3.69. The van der Waals surface area contributed by atoms with Crippen LogP contribution in [-0.2, 0) is 14.4 Å². The van der Waals surface area contributed by atoms with Crippen molar-refractivity contribution < 1.29 is 12.7 Å². The monoisotopic (exact) mass is 425 g/mol. The summed E-state index contributed by atoms with van der Waals surface area (Å²) >= 11 is 0. The Labute approximate surface area is 177 Å². The topological polar surface area (TPSA) is 94.6 Å². The summed E-state index contributed by atoms with van der Waals surface area (Å²) < 4.78 is 28.4. The van der Waals surface area contributed by atoms with E-state index in [9.17, 15) is 8.42 Å². The van der Waals surface area contributed by atoms with Gasteiger partial charge in [0.1, 0.15) is 0 Å². The van der Waals surface area contributed by atoms with Gasteiger partial charge in [0.25, 0.3) is 0 Å². The lowest BCUT2D eigenvalue weighted by atomic mass is 10.0. The van der Waals surface area contributed by atoms with Gasteiger partial charge >= 0.3 is 10.1 Å². The molecule has 1 aromatic rings. The van der Waals surface area contributed by atoms with Gasteiger partial charge in [-0.05, 0) is 23.7 Å². The molecule has 0 aliphatic carbocycles. The number of unbranched alkanes of at least 4 members (excludes halogenated alkanes) is 13. The number of oxime groups is 1. The molecule has 29 heavy (non-hydrogen) atoms. The van der Waals surface area contributed by atoms with Crippen molar-refractivity contribution in [2.75, 3.05) is 5.75 Å². The minimum Gasteiger partial charge on any atom is -0.380 e. The van der Waals surface area contributed by atoms with E-state index >= 15 is 0 Å². The Hall–Kier alpha value is -1.63. The molecule has 0 aliphatic rings. The summed E-state index contributed by atoms with van der Waals surface area (Å²) in [6.45, 7) is 2.25. The molecule has 0 amide bonds. The van der Waals surface area contributed by atoms with Gasteiger partial charge in [-0.3, -0.25) is 9.27 Å². The lowest BCUT2D eigenvalue weighted by Crippen LogP contribution is -2.16. The van der Waals surface area contributed by atoms with Gasteiger partial charge in [-0.15, -0.1) is 0 Å². The van der Waals surface area contributed by atoms with Crippen molar-refractivity contribution in [3.8, 4) is 0 Å². The van der Waals surface area contributed by atoms with Gasteiger partial charge in [0.15, 0.2) is 5.84 Å². The molecular weight excluding hydrogens is 386 g/mol. The molecule has 2 N–H and O–H groups in total. The van der Waals surface area contributed by atoms with Crippen LogP contribution in [0.1, 0.15) is 102 Å². The molecule has 0 atom stereocenters. The van der Waals surface area contributed by atoms with Crippen LogP contribution in [0.25, 0.3) is 0 Å². The molecule has 0 aliphatic heterocycles. The fraction of sp³-hybridized carbons (Fsp3) is 0.727. The van der Waals surface area contributed by atoms with Crippen molar-refractivity contribution in [2.45, 2.75) is 96.8 Å². The normalized spacial score (nSPS) is 12.2. The lowest BCUT2D eigenvalue weighted by molar-refractivity contribution is 0.337. The number of hydrogen-bond acceptors (Lipinski definition) is 5. The highest BCUT2D eigenvalue weighted by Gasteiger charge is 2.11. The average Bonchev–Trinajstić information content (AvgIpc) is 2.73. The van der Waals surface area contributed by atoms with Gasteiger partial charge in [-0.1, -0.05) is 90.4 Å². The third-order valence-electron chi connectivity index (χ3n) is 4.95. The molecule has 0 saturated heterocycles. The zero-order valence-electron chi connectivity index (χ0n) is 18.0. The standard InChI is InChI=1S/C22H39N3O3S/c1-2-3-4-5-6-7-8-9-10-11-12-13-14-15-19-29(26,27)28-25-22(23)21-17-16-18-24-20-21/h16-18,20H,2-15,19H2,1H3,(H2,23,25). The molecular formula is C22H39N3O3S. The molecule has 0 radical (unpaired) electrons. The van der Waals surface area contributed by atoms with Gasteiger partial charge in [-0.25, -0.2) is 0 Å². The van der Waals surface area contributed by atoms with Crippen LogP contribution in [0.3, 0.4) is 0 Å². The van der Waals surface area contributed by atoms with E-state index in [0.717, 1.165) is 12.8 Å². The summed E-state index contributed by atoms with van der Waals surface area (Å²) in [5.41, 5.74) is 6.23. The highest BCUT2D eigenvalue weighted by molar-refractivity contribution is 7.86. The predicted molar refractivity (Wildman–Crippen MR) is 120 cm³/mol. The van der Waals surface area contributed by atoms with E-state index in [2.05, 4.69) is 21.3 Å². The summed E-state index contributed by atoms with van der Waals surface area (Å²) in [4.78, 5) is 3.90. The van der Waals surface area contributed by atoms with Crippen molar-refractivity contribution in [3.05, 3.63) is 30.1 Å². The molecule has 0 saturated carbocycles. The fourth-order valence-corrected chi connectivity index (χ4v) is 4.00. The van der Waals surface area contributed by atoms with E-state index in [-0.39, 0.29) is 11.6 Å². The van der Waals surface area contributed by atoms with Gasteiger partial charge in [0, 0.05) is 18.0 Å². The SMILES string of the molecule is CCCCCCCCCCCCCCCCS(=O)(=O)ON=C(N)c1cccnc1. The van der Waals surface area contributed by atoms with Crippen LogP contribution in [0.2, 0.25) is 0 Å². The third-order valence-corrected chi connectivity index (χ3v) is 6.04. The van der Waals surface area contributed by atoms with E-state index in [4.69, 9.17) is 5.73 Å². The quantitative estimate of drug-likeness (QED) is 0.144. The van der Waals surface area contributed by atoms with Gasteiger partial charge < -0.3 is 5.73 Å². The number of aromatic nitrogens is 1. The van der Waals surface area contributed by atoms with E-state index in [1.807, 2.05) is 0 Å². The predicted octanol–water partition coefficient (Wildman–Crippen LogP) is 5.53. The van der Waals surface area contributed by atoms with Crippen molar-refractivity contribution in [3.63, 3.8) is 0 Å². The van der Waals surface area contributed by atoms with Gasteiger partial charge in [0.2, 0.25) is 0 Å². The van der Waals surface area contributed by atoms with Crippen LogP contribution in [-0.4, -0.2) is 25.0 Å². The van der Waals surface area contributed by atoms with Crippen LogP contribution in [0.15, 0.2) is 29.7 Å². The molecule has 166 valence electrons. The first-order chi connectivity index (χ1) is 14.0. The molecule has 6 nitrogen and oxygen atoms in total. The summed E-state index contributed by atoms with van der Waals surface area (Å²) in [7, 11) is -3.69. The van der Waals surface area contributed by atoms with Crippen LogP contribution in [0, 0.1) is 0 Å². The summed E-state index contributed by atoms with van der Waals surface area (Å²) in [6.07, 6.45) is 20.2. The molecule has 0 fully saturated rings. The Balaban J connectivity index is 1.98. The molecule has 0 spiro atoms. The Bertz CT molecular complexity index is 649. The second-order valence-corrected chi connectivity index (χ2v) is 9.32. The maximum atomic E-state index is 11.9. The Morgan fingerprint density at radius 2 is 1.45 bits per heavy atom. The van der Waals surface area contributed by atoms with Crippen LogP contribution in [0.4, 0.5) is 0 Å². The average molecular weight is 426 g/mol. The van der Waals surface area contributed by atoms with Crippen molar-refractivity contribution in [1.29, 1.82) is 0 Å². The van der Waals surface area contributed by atoms with E-state index in [1.165, 1.54) is 76.8 Å². The molecule has 7 heteroatoms. The number of amidine groups is 1. The summed E-state index contributed by atoms with van der Waals surface area (Å²) in [5.74, 6) is -0.0304. The van der Waals surface area contributed by atoms with E-state index in [1.54, 1.807) is 18.3 Å². The van der Waals surface area contributed by atoms with Crippen molar-refractivity contribution >= 4 is 16.0 Å². The second-order valence-electron chi connectivity index (χ2n) is 7.65. The number of hydrogen-bond donors (Lipinski definition) is 1. The Morgan fingerprint density at radius 1 is 0.931 bits per heavy atom. The largest absolute Gasteiger partial charge is 0.380 e. The van der Waals surface area contributed by atoms with Crippen LogP contribution in [0.5, 0.6) is 0 Å². The molecule has 1 rings (SSSR count). The smallest absolute Gasteiger partial charge is 0.328 e. The molecule has 1 heterocycles. The fourth-order valence-electron chi connectivity index (χ4n) is 3.17.